The van der Waals surface area contributed by atoms with E-state index in [1.165, 1.54) is 28.0 Å². The third-order valence-corrected chi connectivity index (χ3v) is 5.36. The van der Waals surface area contributed by atoms with Crippen LogP contribution in [0.15, 0.2) is 17.4 Å². The van der Waals surface area contributed by atoms with Crippen molar-refractivity contribution < 1.29 is 10.0 Å². The van der Waals surface area contributed by atoms with Gasteiger partial charge >= 0.3 is 0 Å². The Hall–Kier alpha value is -2.00. The number of hydrogen-bond acceptors (Lipinski definition) is 6. The van der Waals surface area contributed by atoms with Crippen LogP contribution in [0.1, 0.15) is 25.7 Å². The van der Waals surface area contributed by atoms with Crippen molar-refractivity contribution in [2.75, 3.05) is 11.1 Å². The van der Waals surface area contributed by atoms with Crippen molar-refractivity contribution in [3.8, 4) is 0 Å². The number of nitrogens with one attached hydrogen (secondary N) is 2. The predicted octanol–water partition coefficient (Wildman–Crippen LogP) is 1.61. The molecular formula is C12H13N5O2S2. The molecule has 2 aromatic heterocycles. The van der Waals surface area contributed by atoms with Crippen molar-refractivity contribution >= 4 is 40.7 Å². The average molecular weight is 323 g/mol. The number of aromatic nitrogens is 2. The van der Waals surface area contributed by atoms with E-state index in [0.717, 1.165) is 17.9 Å². The summed E-state index contributed by atoms with van der Waals surface area (Å²) < 4.78 is 0. The molecule has 0 spiro atoms. The molecule has 5 N–H and O–H groups in total. The SMILES string of the molecule is NC(=NO)c1cn[nH]c1NC(=O)c1cc2c(s1)CCSC2. The standard InChI is InChI=1S/C12H13N5O2S2/c13-10(17-19)7-4-14-16-11(7)15-12(18)9-3-6-5-20-2-1-8(6)21-9/h3-4,19H,1-2,5H2,(H2,13,17)(H2,14,15,16,18). The van der Waals surface area contributed by atoms with Crippen LogP contribution in [0.2, 0.25) is 0 Å². The predicted molar refractivity (Wildman–Crippen MR) is 83.2 cm³/mol. The summed E-state index contributed by atoms with van der Waals surface area (Å²) in [5, 5.41) is 20.7. The first-order valence-corrected chi connectivity index (χ1v) is 8.18. The summed E-state index contributed by atoms with van der Waals surface area (Å²) in [6.45, 7) is 0. The van der Waals surface area contributed by atoms with Gasteiger partial charge < -0.3 is 16.3 Å². The zero-order valence-electron chi connectivity index (χ0n) is 10.9. The zero-order valence-corrected chi connectivity index (χ0v) is 12.6. The molecule has 0 aliphatic carbocycles. The number of amides is 1. The van der Waals surface area contributed by atoms with Gasteiger partial charge in [-0.05, 0) is 23.8 Å². The average Bonchev–Trinajstić information content (AvgIpc) is 3.12. The van der Waals surface area contributed by atoms with Gasteiger partial charge in [-0.3, -0.25) is 9.89 Å². The topological polar surface area (TPSA) is 116 Å². The van der Waals surface area contributed by atoms with Crippen LogP contribution < -0.4 is 11.1 Å². The molecule has 2 aromatic rings. The number of carbonyl (C=O) groups excluding carboxylic acids is 1. The van der Waals surface area contributed by atoms with Crippen LogP contribution in [0.3, 0.4) is 0 Å². The molecule has 7 nitrogen and oxygen atoms in total. The Morgan fingerprint density at radius 1 is 1.57 bits per heavy atom. The van der Waals surface area contributed by atoms with E-state index >= 15 is 0 Å². The third-order valence-electron chi connectivity index (χ3n) is 3.11. The van der Waals surface area contributed by atoms with Gasteiger partial charge in [0.15, 0.2) is 5.84 Å². The summed E-state index contributed by atoms with van der Waals surface area (Å²) >= 11 is 3.39. The second-order valence-electron chi connectivity index (χ2n) is 4.46. The highest BCUT2D eigenvalue weighted by molar-refractivity contribution is 7.98. The van der Waals surface area contributed by atoms with Crippen molar-refractivity contribution in [1.82, 2.24) is 10.2 Å². The molecule has 1 aliphatic heterocycles. The molecule has 9 heteroatoms. The molecule has 3 heterocycles. The van der Waals surface area contributed by atoms with Gasteiger partial charge in [-0.2, -0.15) is 16.9 Å². The van der Waals surface area contributed by atoms with E-state index < -0.39 is 0 Å². The lowest BCUT2D eigenvalue weighted by Crippen LogP contribution is -2.17. The largest absolute Gasteiger partial charge is 0.409 e. The summed E-state index contributed by atoms with van der Waals surface area (Å²) in [6, 6.07) is 1.93. The first-order chi connectivity index (χ1) is 10.2. The Kier molecular flexibility index (Phi) is 3.84. The molecule has 0 bridgehead atoms. The molecule has 0 aromatic carbocycles. The molecule has 0 atom stereocenters. The van der Waals surface area contributed by atoms with Crippen LogP contribution >= 0.6 is 23.1 Å². The van der Waals surface area contributed by atoms with E-state index in [2.05, 4.69) is 20.7 Å². The lowest BCUT2D eigenvalue weighted by molar-refractivity contribution is 0.103. The molecular weight excluding hydrogens is 310 g/mol. The number of aromatic amines is 1. The fourth-order valence-corrected chi connectivity index (χ4v) is 4.33. The van der Waals surface area contributed by atoms with Gasteiger partial charge in [-0.15, -0.1) is 11.3 Å². The number of nitrogens with two attached hydrogens (primary N) is 1. The Morgan fingerprint density at radius 3 is 3.19 bits per heavy atom. The number of H-pyrrole nitrogens is 1. The normalized spacial score (nSPS) is 14.8. The van der Waals surface area contributed by atoms with Gasteiger partial charge in [0, 0.05) is 10.6 Å². The number of carbonyl (C=O) groups is 1. The molecule has 0 radical (unpaired) electrons. The van der Waals surface area contributed by atoms with Crippen molar-refractivity contribution in [2.45, 2.75) is 12.2 Å². The lowest BCUT2D eigenvalue weighted by atomic mass is 10.2. The highest BCUT2D eigenvalue weighted by Crippen LogP contribution is 2.32. The van der Waals surface area contributed by atoms with Gasteiger partial charge in [0.05, 0.1) is 16.6 Å². The van der Waals surface area contributed by atoms with Crippen LogP contribution in [0.25, 0.3) is 0 Å². The highest BCUT2D eigenvalue weighted by atomic mass is 32.2. The maximum Gasteiger partial charge on any atom is 0.266 e. The number of thiophene rings is 1. The summed E-state index contributed by atoms with van der Waals surface area (Å²) in [5.74, 6) is 2.04. The first kappa shape index (κ1) is 14.0. The summed E-state index contributed by atoms with van der Waals surface area (Å²) in [5.41, 5.74) is 7.11. The number of amidine groups is 1. The van der Waals surface area contributed by atoms with Crippen molar-refractivity contribution in [2.24, 2.45) is 10.9 Å². The van der Waals surface area contributed by atoms with E-state index in [1.54, 1.807) is 0 Å². The molecule has 110 valence electrons. The van der Waals surface area contributed by atoms with Crippen LogP contribution in [-0.4, -0.2) is 32.9 Å². The van der Waals surface area contributed by atoms with E-state index in [0.29, 0.717) is 16.3 Å². The molecule has 21 heavy (non-hydrogen) atoms. The summed E-state index contributed by atoms with van der Waals surface area (Å²) in [7, 11) is 0. The van der Waals surface area contributed by atoms with Crippen molar-refractivity contribution in [3.05, 3.63) is 33.1 Å². The number of nitrogens with zero attached hydrogens (tertiary/aromatic N) is 2. The van der Waals surface area contributed by atoms with Crippen molar-refractivity contribution in [1.29, 1.82) is 0 Å². The Labute approximate surface area is 128 Å². The minimum Gasteiger partial charge on any atom is -0.409 e. The Morgan fingerprint density at radius 2 is 2.43 bits per heavy atom. The maximum atomic E-state index is 12.3. The first-order valence-electron chi connectivity index (χ1n) is 6.21. The van der Waals surface area contributed by atoms with Crippen molar-refractivity contribution in [3.63, 3.8) is 0 Å². The summed E-state index contributed by atoms with van der Waals surface area (Å²) in [6.07, 6.45) is 2.40. The zero-order chi connectivity index (χ0) is 14.8. The number of thioether (sulfide) groups is 1. The molecule has 0 unspecified atom stereocenters. The van der Waals surface area contributed by atoms with Gasteiger partial charge in [0.25, 0.3) is 5.91 Å². The second-order valence-corrected chi connectivity index (χ2v) is 6.70. The molecule has 3 rings (SSSR count). The van der Waals surface area contributed by atoms with E-state index in [4.69, 9.17) is 10.9 Å². The number of aryl methyl sites for hydroxylation is 1. The van der Waals surface area contributed by atoms with Crippen LogP contribution in [0.4, 0.5) is 5.82 Å². The maximum absolute atomic E-state index is 12.3. The van der Waals surface area contributed by atoms with Gasteiger partial charge in [-0.1, -0.05) is 5.16 Å². The molecule has 1 amide bonds. The number of anilines is 1. The van der Waals surface area contributed by atoms with Crippen LogP contribution in [0.5, 0.6) is 0 Å². The highest BCUT2D eigenvalue weighted by Gasteiger charge is 2.19. The fraction of sp³-hybridized carbons (Fsp3) is 0.250. The minimum atomic E-state index is -0.226. The van der Waals surface area contributed by atoms with Gasteiger partial charge in [0.2, 0.25) is 0 Å². The van der Waals surface area contributed by atoms with E-state index in [-0.39, 0.29) is 11.7 Å². The molecule has 0 saturated heterocycles. The Bertz CT molecular complexity index is 683. The lowest BCUT2D eigenvalue weighted by Gasteiger charge is -2.08. The molecule has 1 aliphatic rings. The number of hydrogen-bond donors (Lipinski definition) is 4. The van der Waals surface area contributed by atoms with E-state index in [1.807, 2.05) is 17.8 Å². The number of fused-ring (bicyclic) bond motifs is 1. The Balaban J connectivity index is 1.81. The quantitative estimate of drug-likeness (QED) is 0.296. The minimum absolute atomic E-state index is 0.110. The molecule has 0 fully saturated rings. The van der Waals surface area contributed by atoms with Crippen LogP contribution in [0, 0.1) is 0 Å². The smallest absolute Gasteiger partial charge is 0.266 e. The number of rotatable bonds is 3. The second kappa shape index (κ2) is 5.78. The fourth-order valence-electron chi connectivity index (χ4n) is 2.06. The van der Waals surface area contributed by atoms with Gasteiger partial charge in [0.1, 0.15) is 5.82 Å². The summed E-state index contributed by atoms with van der Waals surface area (Å²) in [4.78, 5) is 14.2. The monoisotopic (exact) mass is 323 g/mol. The van der Waals surface area contributed by atoms with Gasteiger partial charge in [-0.25, -0.2) is 0 Å². The van der Waals surface area contributed by atoms with Crippen LogP contribution in [-0.2, 0) is 12.2 Å². The molecule has 0 saturated carbocycles. The van der Waals surface area contributed by atoms with E-state index in [9.17, 15) is 4.79 Å². The number of oxime groups is 1. The third kappa shape index (κ3) is 2.74.